The SMILES string of the molecule is C[C@H]1CCc2c(sc3nc([C@@H](C)OC(=O)c4ccc([N+](=O)[O-])cc4)[nH]c(=O)c23)C1. The van der Waals surface area contributed by atoms with Crippen LogP contribution < -0.4 is 5.56 Å². The van der Waals surface area contributed by atoms with Crippen LogP contribution in [-0.2, 0) is 17.6 Å². The van der Waals surface area contributed by atoms with Crippen molar-refractivity contribution in [1.82, 2.24) is 9.97 Å². The molecule has 9 heteroatoms. The maximum atomic E-state index is 12.7. The smallest absolute Gasteiger partial charge is 0.338 e. The molecule has 0 amide bonds. The van der Waals surface area contributed by atoms with Crippen molar-refractivity contribution in [1.29, 1.82) is 0 Å². The second-order valence-electron chi connectivity index (χ2n) is 7.33. The Kier molecular flexibility index (Phi) is 4.91. The van der Waals surface area contributed by atoms with Gasteiger partial charge in [-0.15, -0.1) is 11.3 Å². The quantitative estimate of drug-likeness (QED) is 0.394. The predicted molar refractivity (Wildman–Crippen MR) is 108 cm³/mol. The molecular formula is C20H19N3O5S. The summed E-state index contributed by atoms with van der Waals surface area (Å²) in [5.74, 6) is 0.231. The van der Waals surface area contributed by atoms with Gasteiger partial charge in [0.05, 0.1) is 15.9 Å². The Morgan fingerprint density at radius 1 is 1.38 bits per heavy atom. The minimum Gasteiger partial charge on any atom is -0.451 e. The minimum absolute atomic E-state index is 0.109. The van der Waals surface area contributed by atoms with E-state index < -0.39 is 17.0 Å². The molecule has 8 nitrogen and oxygen atoms in total. The van der Waals surface area contributed by atoms with E-state index in [4.69, 9.17) is 4.74 Å². The number of rotatable bonds is 4. The molecule has 150 valence electrons. The molecule has 1 aromatic carbocycles. The van der Waals surface area contributed by atoms with E-state index >= 15 is 0 Å². The van der Waals surface area contributed by atoms with Gasteiger partial charge in [0, 0.05) is 17.0 Å². The van der Waals surface area contributed by atoms with Crippen LogP contribution in [0.15, 0.2) is 29.1 Å². The van der Waals surface area contributed by atoms with Gasteiger partial charge < -0.3 is 9.72 Å². The normalized spacial score (nSPS) is 17.0. The number of carbonyl (C=O) groups excluding carboxylic acids is 1. The summed E-state index contributed by atoms with van der Waals surface area (Å²) in [6.45, 7) is 3.83. The standard InChI is InChI=1S/C20H19N3O5S/c1-10-3-8-14-15(9-10)29-19-16(14)18(24)21-17(22-19)11(2)28-20(25)12-4-6-13(7-5-12)23(26)27/h4-7,10-11H,3,8-9H2,1-2H3,(H,21,22,24)/t10-,11+/m0/s1. The molecule has 2 aromatic heterocycles. The first-order valence-electron chi connectivity index (χ1n) is 9.33. The summed E-state index contributed by atoms with van der Waals surface area (Å²) in [6, 6.07) is 5.15. The predicted octanol–water partition coefficient (Wildman–Crippen LogP) is 3.94. The van der Waals surface area contributed by atoms with Gasteiger partial charge in [0.25, 0.3) is 11.2 Å². The lowest BCUT2D eigenvalue weighted by Crippen LogP contribution is -2.18. The Morgan fingerprint density at radius 2 is 2.10 bits per heavy atom. The molecule has 29 heavy (non-hydrogen) atoms. The molecule has 0 bridgehead atoms. The fourth-order valence-corrected chi connectivity index (χ4v) is 4.95. The second kappa shape index (κ2) is 7.40. The third-order valence-electron chi connectivity index (χ3n) is 5.17. The zero-order valence-electron chi connectivity index (χ0n) is 15.9. The van der Waals surface area contributed by atoms with Crippen molar-refractivity contribution in [2.24, 2.45) is 5.92 Å². The van der Waals surface area contributed by atoms with Crippen molar-refractivity contribution < 1.29 is 14.5 Å². The van der Waals surface area contributed by atoms with Gasteiger partial charge in [-0.25, -0.2) is 9.78 Å². The van der Waals surface area contributed by atoms with Crippen LogP contribution in [-0.4, -0.2) is 20.9 Å². The molecule has 1 N–H and O–H groups in total. The molecule has 2 atom stereocenters. The fourth-order valence-electron chi connectivity index (χ4n) is 3.56. The maximum Gasteiger partial charge on any atom is 0.338 e. The van der Waals surface area contributed by atoms with Crippen molar-refractivity contribution in [2.75, 3.05) is 0 Å². The first-order valence-corrected chi connectivity index (χ1v) is 10.1. The van der Waals surface area contributed by atoms with Crippen LogP contribution in [0.4, 0.5) is 5.69 Å². The highest BCUT2D eigenvalue weighted by molar-refractivity contribution is 7.18. The van der Waals surface area contributed by atoms with Crippen molar-refractivity contribution in [2.45, 2.75) is 39.2 Å². The van der Waals surface area contributed by atoms with Crippen LogP contribution in [0.25, 0.3) is 10.2 Å². The van der Waals surface area contributed by atoms with Crippen molar-refractivity contribution in [3.05, 3.63) is 66.6 Å². The van der Waals surface area contributed by atoms with E-state index in [0.29, 0.717) is 16.1 Å². The lowest BCUT2D eigenvalue weighted by molar-refractivity contribution is -0.384. The van der Waals surface area contributed by atoms with Crippen LogP contribution in [0.2, 0.25) is 0 Å². The Labute approximate surface area is 169 Å². The lowest BCUT2D eigenvalue weighted by atomic mass is 9.89. The maximum absolute atomic E-state index is 12.7. The fraction of sp³-hybridized carbons (Fsp3) is 0.350. The Hall–Kier alpha value is -3.07. The highest BCUT2D eigenvalue weighted by Gasteiger charge is 2.24. The van der Waals surface area contributed by atoms with E-state index in [1.54, 1.807) is 6.92 Å². The van der Waals surface area contributed by atoms with E-state index in [9.17, 15) is 19.7 Å². The van der Waals surface area contributed by atoms with Crippen LogP contribution in [0.5, 0.6) is 0 Å². The van der Waals surface area contributed by atoms with Crippen LogP contribution in [0.1, 0.15) is 53.0 Å². The largest absolute Gasteiger partial charge is 0.451 e. The second-order valence-corrected chi connectivity index (χ2v) is 8.42. The van der Waals surface area contributed by atoms with Gasteiger partial charge in [0.1, 0.15) is 4.83 Å². The summed E-state index contributed by atoms with van der Waals surface area (Å²) in [5.41, 5.74) is 0.961. The van der Waals surface area contributed by atoms with Crippen molar-refractivity contribution >= 4 is 33.2 Å². The molecule has 0 radical (unpaired) electrons. The molecular weight excluding hydrogens is 394 g/mol. The zero-order valence-corrected chi connectivity index (χ0v) is 16.7. The molecule has 1 aliphatic rings. The molecule has 0 spiro atoms. The van der Waals surface area contributed by atoms with Crippen LogP contribution in [0.3, 0.4) is 0 Å². The molecule has 4 rings (SSSR count). The van der Waals surface area contributed by atoms with Gasteiger partial charge in [-0.05, 0) is 49.8 Å². The van der Waals surface area contributed by atoms with Gasteiger partial charge in [0.15, 0.2) is 11.9 Å². The van der Waals surface area contributed by atoms with E-state index in [1.807, 2.05) is 0 Å². The number of aromatic nitrogens is 2. The summed E-state index contributed by atoms with van der Waals surface area (Å²) < 4.78 is 5.41. The summed E-state index contributed by atoms with van der Waals surface area (Å²) in [5, 5.41) is 11.4. The lowest BCUT2D eigenvalue weighted by Gasteiger charge is -2.17. The number of thiophene rings is 1. The monoisotopic (exact) mass is 413 g/mol. The van der Waals surface area contributed by atoms with E-state index in [-0.39, 0.29) is 22.6 Å². The Balaban J connectivity index is 1.58. The molecule has 0 aliphatic heterocycles. The number of carbonyl (C=O) groups is 1. The molecule has 0 fully saturated rings. The number of non-ortho nitro benzene ring substituents is 1. The van der Waals surface area contributed by atoms with Gasteiger partial charge in [-0.3, -0.25) is 14.9 Å². The number of hydrogen-bond donors (Lipinski definition) is 1. The molecule has 1 aliphatic carbocycles. The zero-order chi connectivity index (χ0) is 20.7. The van der Waals surface area contributed by atoms with Gasteiger partial charge in [-0.2, -0.15) is 0 Å². The van der Waals surface area contributed by atoms with Crippen LogP contribution in [0, 0.1) is 16.0 Å². The minimum atomic E-state index is -0.771. The number of ether oxygens (including phenoxy) is 1. The number of benzene rings is 1. The average molecular weight is 413 g/mol. The average Bonchev–Trinajstić information content (AvgIpc) is 3.05. The van der Waals surface area contributed by atoms with Crippen molar-refractivity contribution in [3.8, 4) is 0 Å². The highest BCUT2D eigenvalue weighted by Crippen LogP contribution is 2.36. The number of fused-ring (bicyclic) bond motifs is 3. The number of aryl methyl sites for hydroxylation is 1. The number of nitro benzene ring substituents is 1. The number of nitro groups is 1. The first kappa shape index (κ1) is 19.3. The summed E-state index contributed by atoms with van der Waals surface area (Å²) in [7, 11) is 0. The molecule has 2 heterocycles. The number of H-pyrrole nitrogens is 1. The van der Waals surface area contributed by atoms with E-state index in [2.05, 4.69) is 16.9 Å². The summed E-state index contributed by atoms with van der Waals surface area (Å²) >= 11 is 1.53. The third-order valence-corrected chi connectivity index (χ3v) is 6.31. The highest BCUT2D eigenvalue weighted by atomic mass is 32.1. The number of esters is 1. The van der Waals surface area contributed by atoms with E-state index in [1.165, 1.54) is 40.5 Å². The molecule has 0 saturated heterocycles. The first-order chi connectivity index (χ1) is 13.8. The van der Waals surface area contributed by atoms with Gasteiger partial charge in [0.2, 0.25) is 0 Å². The van der Waals surface area contributed by atoms with Gasteiger partial charge >= 0.3 is 5.97 Å². The number of nitrogens with one attached hydrogen (secondary N) is 1. The molecule has 3 aromatic rings. The summed E-state index contributed by atoms with van der Waals surface area (Å²) in [6.07, 6.45) is 2.12. The topological polar surface area (TPSA) is 115 Å². The number of aromatic amines is 1. The summed E-state index contributed by atoms with van der Waals surface area (Å²) in [4.78, 5) is 44.4. The Bertz CT molecular complexity index is 1170. The number of nitrogens with zero attached hydrogens (tertiary/aromatic N) is 2. The molecule has 0 saturated carbocycles. The Morgan fingerprint density at radius 3 is 2.79 bits per heavy atom. The van der Waals surface area contributed by atoms with E-state index in [0.717, 1.165) is 24.8 Å². The molecule has 0 unspecified atom stereocenters. The number of hydrogen-bond acceptors (Lipinski definition) is 7. The third kappa shape index (κ3) is 3.65. The van der Waals surface area contributed by atoms with Gasteiger partial charge in [-0.1, -0.05) is 6.92 Å². The van der Waals surface area contributed by atoms with Crippen molar-refractivity contribution in [3.63, 3.8) is 0 Å². The van der Waals surface area contributed by atoms with Crippen LogP contribution >= 0.6 is 11.3 Å².